The fourth-order valence-corrected chi connectivity index (χ4v) is 3.44. The molecule has 0 bridgehead atoms. The number of benzene rings is 2. The minimum Gasteiger partial charge on any atom is -0.388 e. The van der Waals surface area contributed by atoms with Gasteiger partial charge in [-0.1, -0.05) is 42.5 Å². The van der Waals surface area contributed by atoms with Gasteiger partial charge < -0.3 is 10.0 Å². The monoisotopic (exact) mass is 279 g/mol. The van der Waals surface area contributed by atoms with Crippen molar-refractivity contribution in [3.63, 3.8) is 0 Å². The molecule has 0 saturated carbocycles. The van der Waals surface area contributed by atoms with Gasteiger partial charge >= 0.3 is 0 Å². The van der Waals surface area contributed by atoms with E-state index in [0.29, 0.717) is 13.0 Å². The maximum Gasteiger partial charge on any atom is 0.234 e. The Morgan fingerprint density at radius 1 is 1.05 bits per heavy atom. The Kier molecular flexibility index (Phi) is 2.82. The number of hydrogen-bond donors (Lipinski definition) is 1. The van der Waals surface area contributed by atoms with Crippen molar-refractivity contribution in [3.05, 3.63) is 65.2 Å². The summed E-state index contributed by atoms with van der Waals surface area (Å²) in [5, 5.41) is 10.1. The summed E-state index contributed by atoms with van der Waals surface area (Å²) >= 11 is 0. The molecule has 21 heavy (non-hydrogen) atoms. The topological polar surface area (TPSA) is 40.5 Å². The molecule has 1 heterocycles. The summed E-state index contributed by atoms with van der Waals surface area (Å²) in [6, 6.07) is 15.8. The normalized spacial score (nSPS) is 23.0. The Hall–Kier alpha value is -2.13. The third kappa shape index (κ3) is 1.88. The molecule has 0 radical (unpaired) electrons. The molecule has 1 aliphatic heterocycles. The van der Waals surface area contributed by atoms with Crippen LogP contribution in [-0.2, 0) is 11.2 Å². The van der Waals surface area contributed by atoms with Crippen LogP contribution in [0.2, 0.25) is 0 Å². The van der Waals surface area contributed by atoms with E-state index in [9.17, 15) is 9.90 Å². The summed E-state index contributed by atoms with van der Waals surface area (Å²) in [7, 11) is 0. The van der Waals surface area contributed by atoms with Crippen molar-refractivity contribution in [1.29, 1.82) is 0 Å². The van der Waals surface area contributed by atoms with Crippen LogP contribution in [0.15, 0.2) is 48.5 Å². The van der Waals surface area contributed by atoms with E-state index in [-0.39, 0.29) is 11.8 Å². The van der Waals surface area contributed by atoms with E-state index in [1.807, 2.05) is 47.4 Å². The third-order valence-corrected chi connectivity index (χ3v) is 4.63. The lowest BCUT2D eigenvalue weighted by Gasteiger charge is -2.37. The Bertz CT molecular complexity index is 710. The van der Waals surface area contributed by atoms with Crippen LogP contribution >= 0.6 is 0 Å². The van der Waals surface area contributed by atoms with E-state index in [1.165, 1.54) is 5.56 Å². The van der Waals surface area contributed by atoms with Gasteiger partial charge in [0.2, 0.25) is 5.91 Å². The smallest absolute Gasteiger partial charge is 0.234 e. The number of anilines is 1. The number of para-hydroxylation sites is 1. The summed E-state index contributed by atoms with van der Waals surface area (Å²) in [6.45, 7) is 0.593. The van der Waals surface area contributed by atoms with E-state index < -0.39 is 6.10 Å². The fraction of sp³-hybridized carbons (Fsp3) is 0.278. The molecule has 0 spiro atoms. The van der Waals surface area contributed by atoms with Gasteiger partial charge in [0.15, 0.2) is 0 Å². The van der Waals surface area contributed by atoms with Crippen LogP contribution in [0, 0.1) is 0 Å². The van der Waals surface area contributed by atoms with Crippen molar-refractivity contribution in [2.75, 3.05) is 11.4 Å². The van der Waals surface area contributed by atoms with Crippen LogP contribution in [-0.4, -0.2) is 17.6 Å². The summed E-state index contributed by atoms with van der Waals surface area (Å²) in [5.74, 6) is 0.137. The fourth-order valence-electron chi connectivity index (χ4n) is 3.44. The highest BCUT2D eigenvalue weighted by Gasteiger charge is 2.37. The highest BCUT2D eigenvalue weighted by molar-refractivity contribution is 6.00. The first-order valence-corrected chi connectivity index (χ1v) is 7.42. The molecule has 0 saturated heterocycles. The zero-order valence-corrected chi connectivity index (χ0v) is 11.7. The second-order valence-electron chi connectivity index (χ2n) is 5.81. The van der Waals surface area contributed by atoms with Crippen LogP contribution in [0.5, 0.6) is 0 Å². The van der Waals surface area contributed by atoms with Gasteiger partial charge in [0.05, 0.1) is 12.0 Å². The van der Waals surface area contributed by atoms with Gasteiger partial charge in [-0.05, 0) is 30.0 Å². The molecule has 2 aliphatic rings. The second-order valence-corrected chi connectivity index (χ2v) is 5.81. The summed E-state index contributed by atoms with van der Waals surface area (Å²) in [4.78, 5) is 14.7. The molecule has 2 aromatic carbocycles. The molecule has 2 atom stereocenters. The van der Waals surface area contributed by atoms with Crippen molar-refractivity contribution in [2.24, 2.45) is 0 Å². The van der Waals surface area contributed by atoms with Gasteiger partial charge in [-0.3, -0.25) is 4.79 Å². The predicted molar refractivity (Wildman–Crippen MR) is 81.3 cm³/mol. The van der Waals surface area contributed by atoms with E-state index >= 15 is 0 Å². The maximum atomic E-state index is 12.9. The number of aliphatic hydroxyl groups excluding tert-OH is 1. The van der Waals surface area contributed by atoms with E-state index in [2.05, 4.69) is 6.07 Å². The highest BCUT2D eigenvalue weighted by atomic mass is 16.3. The van der Waals surface area contributed by atoms with Crippen molar-refractivity contribution in [2.45, 2.75) is 24.9 Å². The number of hydrogen-bond acceptors (Lipinski definition) is 2. The SMILES string of the molecule is O=C(C1Cc2ccccc21)N1CCC(O)c2ccccc21. The lowest BCUT2D eigenvalue weighted by Crippen LogP contribution is -2.42. The molecule has 106 valence electrons. The van der Waals surface area contributed by atoms with Crippen molar-refractivity contribution in [3.8, 4) is 0 Å². The standard InChI is InChI=1S/C18H17NO2/c20-17-9-10-19(16-8-4-3-7-14(16)17)18(21)15-11-12-5-1-2-6-13(12)15/h1-8,15,17,20H,9-11H2. The quantitative estimate of drug-likeness (QED) is 0.872. The summed E-state index contributed by atoms with van der Waals surface area (Å²) in [5.41, 5.74) is 4.17. The molecule has 0 fully saturated rings. The molecule has 3 heteroatoms. The van der Waals surface area contributed by atoms with Crippen LogP contribution in [0.1, 0.15) is 35.1 Å². The largest absolute Gasteiger partial charge is 0.388 e. The van der Waals surface area contributed by atoms with Crippen LogP contribution in [0.4, 0.5) is 5.69 Å². The average molecular weight is 279 g/mol. The number of carbonyl (C=O) groups is 1. The number of nitrogens with zero attached hydrogens (tertiary/aromatic N) is 1. The van der Waals surface area contributed by atoms with Gasteiger partial charge in [0.1, 0.15) is 0 Å². The molecule has 1 aliphatic carbocycles. The van der Waals surface area contributed by atoms with Crippen LogP contribution in [0.25, 0.3) is 0 Å². The summed E-state index contributed by atoms with van der Waals surface area (Å²) in [6.07, 6.45) is 0.979. The van der Waals surface area contributed by atoms with E-state index in [0.717, 1.165) is 23.2 Å². The molecule has 1 N–H and O–H groups in total. The Labute approximate surface area is 123 Å². The van der Waals surface area contributed by atoms with Crippen molar-refractivity contribution in [1.82, 2.24) is 0 Å². The van der Waals surface area contributed by atoms with Gasteiger partial charge in [0, 0.05) is 17.8 Å². The zero-order valence-electron chi connectivity index (χ0n) is 11.7. The Morgan fingerprint density at radius 2 is 1.76 bits per heavy atom. The average Bonchev–Trinajstić information content (AvgIpc) is 2.49. The Morgan fingerprint density at radius 3 is 2.57 bits per heavy atom. The molecule has 1 amide bonds. The first kappa shape index (κ1) is 12.6. The lowest BCUT2D eigenvalue weighted by atomic mass is 9.76. The lowest BCUT2D eigenvalue weighted by molar-refractivity contribution is -0.120. The molecular weight excluding hydrogens is 262 g/mol. The first-order chi connectivity index (χ1) is 10.3. The molecule has 3 nitrogen and oxygen atoms in total. The molecule has 2 unspecified atom stereocenters. The van der Waals surface area contributed by atoms with Crippen LogP contribution in [0.3, 0.4) is 0 Å². The van der Waals surface area contributed by atoms with E-state index in [4.69, 9.17) is 0 Å². The number of rotatable bonds is 1. The molecular formula is C18H17NO2. The molecule has 2 aromatic rings. The molecule has 4 rings (SSSR count). The van der Waals surface area contributed by atoms with Gasteiger partial charge in [0.25, 0.3) is 0 Å². The minimum absolute atomic E-state index is 0.0236. The van der Waals surface area contributed by atoms with Gasteiger partial charge in [-0.15, -0.1) is 0 Å². The first-order valence-electron chi connectivity index (χ1n) is 7.42. The number of carbonyl (C=O) groups excluding carboxylic acids is 1. The summed E-state index contributed by atoms with van der Waals surface area (Å²) < 4.78 is 0. The minimum atomic E-state index is -0.459. The number of aliphatic hydroxyl groups is 1. The van der Waals surface area contributed by atoms with Crippen molar-refractivity contribution >= 4 is 11.6 Å². The third-order valence-electron chi connectivity index (χ3n) is 4.63. The maximum absolute atomic E-state index is 12.9. The van der Waals surface area contributed by atoms with Crippen molar-refractivity contribution < 1.29 is 9.90 Å². The zero-order chi connectivity index (χ0) is 14.4. The van der Waals surface area contributed by atoms with Gasteiger partial charge in [-0.25, -0.2) is 0 Å². The predicted octanol–water partition coefficient (Wildman–Crippen LogP) is 2.80. The van der Waals surface area contributed by atoms with Crippen LogP contribution < -0.4 is 4.90 Å². The van der Waals surface area contributed by atoms with E-state index in [1.54, 1.807) is 0 Å². The second kappa shape index (κ2) is 4.71. The van der Waals surface area contributed by atoms with Gasteiger partial charge in [-0.2, -0.15) is 0 Å². The highest BCUT2D eigenvalue weighted by Crippen LogP contribution is 2.40. The molecule has 0 aromatic heterocycles. The number of fused-ring (bicyclic) bond motifs is 2. The Balaban J connectivity index is 1.67. The number of amides is 1.